The fourth-order valence-corrected chi connectivity index (χ4v) is 2.47. The van der Waals surface area contributed by atoms with Crippen LogP contribution in [0.3, 0.4) is 0 Å². The zero-order valence-corrected chi connectivity index (χ0v) is 12.4. The van der Waals surface area contributed by atoms with Crippen LogP contribution in [0.25, 0.3) is 0 Å². The Morgan fingerprint density at radius 2 is 2.00 bits per heavy atom. The van der Waals surface area contributed by atoms with E-state index in [4.69, 9.17) is 5.26 Å². The molecule has 18 heavy (non-hydrogen) atoms. The van der Waals surface area contributed by atoms with Crippen molar-refractivity contribution in [3.8, 4) is 6.07 Å². The van der Waals surface area contributed by atoms with Gasteiger partial charge in [0, 0.05) is 16.7 Å². The maximum Gasteiger partial charge on any atom is 0.0992 e. The molecule has 4 heteroatoms. The van der Waals surface area contributed by atoms with Gasteiger partial charge in [0.2, 0.25) is 0 Å². The minimum atomic E-state index is -0.357. The Morgan fingerprint density at radius 1 is 1.33 bits per heavy atom. The summed E-state index contributed by atoms with van der Waals surface area (Å²) in [6, 6.07) is 7.56. The van der Waals surface area contributed by atoms with Gasteiger partial charge in [-0.2, -0.15) is 5.26 Å². The van der Waals surface area contributed by atoms with E-state index in [1.165, 1.54) is 0 Å². The van der Waals surface area contributed by atoms with Crippen LogP contribution in [-0.2, 0) is 0 Å². The van der Waals surface area contributed by atoms with E-state index in [0.717, 1.165) is 23.0 Å². The molecule has 0 heterocycles. The Bertz CT molecular complexity index is 424. The maximum atomic E-state index is 10.0. The topological polar surface area (TPSA) is 56.0 Å². The molecule has 0 saturated carbocycles. The number of nitrogens with zero attached hydrogens (tertiary/aromatic N) is 1. The molecule has 1 rings (SSSR count). The van der Waals surface area contributed by atoms with E-state index in [0.29, 0.717) is 18.0 Å². The number of hydrogen-bond acceptors (Lipinski definition) is 3. The lowest BCUT2D eigenvalue weighted by Crippen LogP contribution is -2.27. The molecule has 0 aromatic heterocycles. The van der Waals surface area contributed by atoms with E-state index in [-0.39, 0.29) is 6.10 Å². The van der Waals surface area contributed by atoms with Crippen LogP contribution in [0.15, 0.2) is 22.7 Å². The van der Waals surface area contributed by atoms with Crippen LogP contribution >= 0.6 is 15.9 Å². The van der Waals surface area contributed by atoms with Gasteiger partial charge in [-0.15, -0.1) is 0 Å². The highest BCUT2D eigenvalue weighted by molar-refractivity contribution is 9.10. The van der Waals surface area contributed by atoms with Crippen molar-refractivity contribution < 1.29 is 5.11 Å². The molecule has 3 nitrogen and oxygen atoms in total. The Morgan fingerprint density at radius 3 is 2.56 bits per heavy atom. The summed E-state index contributed by atoms with van der Waals surface area (Å²) in [5, 5.41) is 22.1. The van der Waals surface area contributed by atoms with Gasteiger partial charge < -0.3 is 10.4 Å². The lowest BCUT2D eigenvalue weighted by Gasteiger charge is -2.21. The summed E-state index contributed by atoms with van der Waals surface area (Å²) in [5.74, 6) is 0.320. The maximum absolute atomic E-state index is 10.0. The number of nitrogens with one attached hydrogen (secondary N) is 1. The third-order valence-electron chi connectivity index (χ3n) is 3.14. The molecule has 0 radical (unpaired) electrons. The van der Waals surface area contributed by atoms with Crippen LogP contribution in [0.5, 0.6) is 0 Å². The van der Waals surface area contributed by atoms with Crippen LogP contribution in [-0.4, -0.2) is 17.8 Å². The smallest absolute Gasteiger partial charge is 0.0992 e. The first kappa shape index (κ1) is 15.0. The first-order valence-electron chi connectivity index (χ1n) is 6.23. The molecule has 0 aliphatic carbocycles. The first-order chi connectivity index (χ1) is 8.60. The lowest BCUT2D eigenvalue weighted by molar-refractivity contribution is 0.114. The van der Waals surface area contributed by atoms with Gasteiger partial charge in [0.1, 0.15) is 0 Å². The summed E-state index contributed by atoms with van der Waals surface area (Å²) in [7, 11) is 0. The summed E-state index contributed by atoms with van der Waals surface area (Å²) in [5.41, 5.74) is 1.45. The monoisotopic (exact) mass is 310 g/mol. The van der Waals surface area contributed by atoms with Crippen molar-refractivity contribution in [3.63, 3.8) is 0 Å². The molecule has 0 aliphatic rings. The Balaban J connectivity index is 2.63. The second-order valence-electron chi connectivity index (χ2n) is 4.37. The highest BCUT2D eigenvalue weighted by Crippen LogP contribution is 2.20. The summed E-state index contributed by atoms with van der Waals surface area (Å²) in [6.45, 7) is 4.68. The zero-order valence-electron chi connectivity index (χ0n) is 10.8. The number of nitriles is 1. The molecular formula is C14H19BrN2O. The SMILES string of the molecule is CCC(CC)C(O)CNc1cc(Br)cc(C#N)c1. The minimum Gasteiger partial charge on any atom is -0.391 e. The molecule has 0 aliphatic heterocycles. The van der Waals surface area contributed by atoms with Crippen LogP contribution < -0.4 is 5.32 Å². The first-order valence-corrected chi connectivity index (χ1v) is 7.02. The van der Waals surface area contributed by atoms with Crippen molar-refractivity contribution in [1.29, 1.82) is 5.26 Å². The van der Waals surface area contributed by atoms with Crippen LogP contribution in [0, 0.1) is 17.2 Å². The second kappa shape index (κ2) is 7.40. The number of aliphatic hydroxyl groups excluding tert-OH is 1. The molecule has 0 bridgehead atoms. The van der Waals surface area contributed by atoms with E-state index in [2.05, 4.69) is 41.2 Å². The summed E-state index contributed by atoms with van der Waals surface area (Å²) in [4.78, 5) is 0. The molecule has 1 atom stereocenters. The van der Waals surface area contributed by atoms with E-state index >= 15 is 0 Å². The highest BCUT2D eigenvalue weighted by atomic mass is 79.9. The number of hydrogen-bond donors (Lipinski definition) is 2. The van der Waals surface area contributed by atoms with Gasteiger partial charge in [-0.3, -0.25) is 0 Å². The van der Waals surface area contributed by atoms with Gasteiger partial charge in [-0.1, -0.05) is 42.6 Å². The predicted molar refractivity (Wildman–Crippen MR) is 77.4 cm³/mol. The second-order valence-corrected chi connectivity index (χ2v) is 5.28. The van der Waals surface area contributed by atoms with Gasteiger partial charge >= 0.3 is 0 Å². The average molecular weight is 311 g/mol. The Labute approximate surface area is 117 Å². The van der Waals surface area contributed by atoms with Crippen molar-refractivity contribution in [2.75, 3.05) is 11.9 Å². The number of benzene rings is 1. The van der Waals surface area contributed by atoms with Gasteiger partial charge in [0.25, 0.3) is 0 Å². The number of aliphatic hydroxyl groups is 1. The van der Waals surface area contributed by atoms with Crippen molar-refractivity contribution in [2.45, 2.75) is 32.8 Å². The predicted octanol–water partition coefficient (Wildman–Crippen LogP) is 3.53. The van der Waals surface area contributed by atoms with Crippen molar-refractivity contribution in [1.82, 2.24) is 0 Å². The molecule has 0 saturated heterocycles. The van der Waals surface area contributed by atoms with Gasteiger partial charge in [0.15, 0.2) is 0 Å². The van der Waals surface area contributed by atoms with Crippen molar-refractivity contribution >= 4 is 21.6 Å². The fourth-order valence-electron chi connectivity index (χ4n) is 1.98. The van der Waals surface area contributed by atoms with Gasteiger partial charge in [0.05, 0.1) is 17.7 Å². The fraction of sp³-hybridized carbons (Fsp3) is 0.500. The molecule has 1 aromatic rings. The number of rotatable bonds is 6. The van der Waals surface area contributed by atoms with Crippen LogP contribution in [0.1, 0.15) is 32.3 Å². The Hall–Kier alpha value is -1.05. The molecule has 2 N–H and O–H groups in total. The van der Waals surface area contributed by atoms with Crippen molar-refractivity contribution in [2.24, 2.45) is 5.92 Å². The normalized spacial score (nSPS) is 12.2. The quantitative estimate of drug-likeness (QED) is 0.845. The average Bonchev–Trinajstić information content (AvgIpc) is 2.37. The number of anilines is 1. The van der Waals surface area contributed by atoms with E-state index in [1.807, 2.05) is 6.07 Å². The highest BCUT2D eigenvalue weighted by Gasteiger charge is 2.14. The van der Waals surface area contributed by atoms with Crippen molar-refractivity contribution in [3.05, 3.63) is 28.2 Å². The third-order valence-corrected chi connectivity index (χ3v) is 3.59. The van der Waals surface area contributed by atoms with E-state index in [1.54, 1.807) is 12.1 Å². The molecule has 0 fully saturated rings. The summed E-state index contributed by atoms with van der Waals surface area (Å²) in [6.07, 6.45) is 1.59. The summed E-state index contributed by atoms with van der Waals surface area (Å²) < 4.78 is 0.862. The van der Waals surface area contributed by atoms with Gasteiger partial charge in [-0.25, -0.2) is 0 Å². The standard InChI is InChI=1S/C14H19BrN2O/c1-3-11(4-2)14(18)9-17-13-6-10(8-16)5-12(15)7-13/h5-7,11,14,17-18H,3-4,9H2,1-2H3. The zero-order chi connectivity index (χ0) is 13.5. The molecule has 0 amide bonds. The molecule has 1 aromatic carbocycles. The van der Waals surface area contributed by atoms with E-state index < -0.39 is 0 Å². The largest absolute Gasteiger partial charge is 0.391 e. The van der Waals surface area contributed by atoms with Crippen LogP contribution in [0.4, 0.5) is 5.69 Å². The third kappa shape index (κ3) is 4.32. The molecule has 0 spiro atoms. The molecular weight excluding hydrogens is 292 g/mol. The minimum absolute atomic E-state index is 0.320. The molecule has 1 unspecified atom stereocenters. The number of halogens is 1. The van der Waals surface area contributed by atoms with Crippen LogP contribution in [0.2, 0.25) is 0 Å². The van der Waals surface area contributed by atoms with E-state index in [9.17, 15) is 5.11 Å². The molecule has 98 valence electrons. The lowest BCUT2D eigenvalue weighted by atomic mass is 9.96. The summed E-state index contributed by atoms with van der Waals surface area (Å²) >= 11 is 3.36. The van der Waals surface area contributed by atoms with Gasteiger partial charge in [-0.05, 0) is 24.1 Å². The Kier molecular flexibility index (Phi) is 6.17.